The highest BCUT2D eigenvalue weighted by Crippen LogP contribution is 2.37. The maximum absolute atomic E-state index is 13.8. The van der Waals surface area contributed by atoms with Crippen LogP contribution in [0.15, 0.2) is 84.0 Å². The van der Waals surface area contributed by atoms with E-state index in [1.165, 1.54) is 11.3 Å². The van der Waals surface area contributed by atoms with Gasteiger partial charge in [0, 0.05) is 52.2 Å². The van der Waals surface area contributed by atoms with Crippen LogP contribution in [0.5, 0.6) is 5.75 Å². The number of amides is 2. The molecule has 0 radical (unpaired) electrons. The van der Waals surface area contributed by atoms with Gasteiger partial charge in [-0.05, 0) is 117 Å². The summed E-state index contributed by atoms with van der Waals surface area (Å²) in [6, 6.07) is 24.4. The van der Waals surface area contributed by atoms with E-state index in [1.807, 2.05) is 53.4 Å². The predicted molar refractivity (Wildman–Crippen MR) is 229 cm³/mol. The molecule has 0 aliphatic heterocycles. The van der Waals surface area contributed by atoms with Crippen molar-refractivity contribution in [3.63, 3.8) is 0 Å². The summed E-state index contributed by atoms with van der Waals surface area (Å²) in [4.78, 5) is 29.4. The molecule has 0 unspecified atom stereocenters. The summed E-state index contributed by atoms with van der Waals surface area (Å²) in [5.41, 5.74) is 24.8. The van der Waals surface area contributed by atoms with Crippen molar-refractivity contribution < 1.29 is 25.1 Å². The van der Waals surface area contributed by atoms with E-state index in [9.17, 15) is 25.1 Å². The van der Waals surface area contributed by atoms with Gasteiger partial charge >= 0.3 is 0 Å². The summed E-state index contributed by atoms with van der Waals surface area (Å²) >= 11 is 1.33. The highest BCUT2D eigenvalue weighted by Gasteiger charge is 2.21. The molecular weight excluding hydrogens is 739 g/mol. The third-order valence-electron chi connectivity index (χ3n) is 10.2. The maximum Gasteiger partial charge on any atom is 0.253 e. The standard InChI is InChI=1S/C44H57N7O5S/c45-20-5-1-3-8-23-50(24-9-4-2-6-21-46)44(54)32-16-14-31(15-17-32)38-27-33-18-19-34(28-39(33)51(38)25-10-7-22-47)42(49-56)40-29-36(30-41(53)48-55)43(57-40)35-12-11-13-37(52)26-35/h11-19,26-29,52,55-56H,1-10,20-25,30,45-47H2,(H,48,53)/b49-42+. The van der Waals surface area contributed by atoms with Gasteiger partial charge in [0.25, 0.3) is 5.91 Å². The number of hydroxylamine groups is 1. The van der Waals surface area contributed by atoms with Crippen LogP contribution in [0.4, 0.5) is 0 Å². The van der Waals surface area contributed by atoms with Crippen molar-refractivity contribution in [1.82, 2.24) is 14.9 Å². The van der Waals surface area contributed by atoms with E-state index in [0.717, 1.165) is 99.5 Å². The molecule has 0 aliphatic carbocycles. The zero-order valence-corrected chi connectivity index (χ0v) is 33.5. The number of aryl methyl sites for hydroxylation is 1. The van der Waals surface area contributed by atoms with Crippen molar-refractivity contribution in [3.8, 4) is 27.4 Å². The molecule has 13 heteroatoms. The van der Waals surface area contributed by atoms with E-state index in [0.29, 0.717) is 63.9 Å². The molecule has 0 saturated carbocycles. The zero-order chi connectivity index (χ0) is 40.6. The lowest BCUT2D eigenvalue weighted by Crippen LogP contribution is -2.33. The van der Waals surface area contributed by atoms with Gasteiger partial charge in [-0.2, -0.15) is 0 Å². The molecule has 57 heavy (non-hydrogen) atoms. The fraction of sp³-hybridized carbons (Fsp3) is 0.386. The first-order chi connectivity index (χ1) is 27.8. The number of oxime groups is 1. The number of unbranched alkanes of at least 4 members (excludes halogenated alkanes) is 7. The van der Waals surface area contributed by atoms with Crippen LogP contribution in [0.25, 0.3) is 32.6 Å². The van der Waals surface area contributed by atoms with Crippen LogP contribution in [0.3, 0.4) is 0 Å². The van der Waals surface area contributed by atoms with Gasteiger partial charge in [-0.1, -0.05) is 67.2 Å². The quantitative estimate of drug-likeness (QED) is 0.0118. The number of thiophene rings is 1. The van der Waals surface area contributed by atoms with E-state index < -0.39 is 5.91 Å². The van der Waals surface area contributed by atoms with Crippen molar-refractivity contribution in [1.29, 1.82) is 0 Å². The van der Waals surface area contributed by atoms with Crippen molar-refractivity contribution in [2.24, 2.45) is 22.4 Å². The van der Waals surface area contributed by atoms with Crippen molar-refractivity contribution in [3.05, 3.63) is 100 Å². The minimum atomic E-state index is -0.592. The zero-order valence-electron chi connectivity index (χ0n) is 32.7. The Morgan fingerprint density at radius 2 is 1.39 bits per heavy atom. The summed E-state index contributed by atoms with van der Waals surface area (Å²) in [7, 11) is 0. The number of fused-ring (bicyclic) bond motifs is 1. The summed E-state index contributed by atoms with van der Waals surface area (Å²) in [5.74, 6) is -0.472. The van der Waals surface area contributed by atoms with Gasteiger partial charge in [0.05, 0.1) is 11.3 Å². The molecule has 2 aromatic heterocycles. The Morgan fingerprint density at radius 1 is 0.737 bits per heavy atom. The van der Waals surface area contributed by atoms with E-state index in [4.69, 9.17) is 17.2 Å². The Kier molecular flexibility index (Phi) is 16.7. The first-order valence-electron chi connectivity index (χ1n) is 20.0. The molecule has 0 saturated heterocycles. The average Bonchev–Trinajstić information content (AvgIpc) is 3.81. The number of rotatable bonds is 23. The molecule has 0 bridgehead atoms. The van der Waals surface area contributed by atoms with Crippen LogP contribution in [-0.4, -0.2) is 75.2 Å². The average molecular weight is 796 g/mol. The number of nitrogens with zero attached hydrogens (tertiary/aromatic N) is 3. The molecule has 3 aromatic carbocycles. The summed E-state index contributed by atoms with van der Waals surface area (Å²) in [5, 5.41) is 34.6. The molecule has 2 amide bonds. The summed E-state index contributed by atoms with van der Waals surface area (Å²) < 4.78 is 2.25. The van der Waals surface area contributed by atoms with Gasteiger partial charge < -0.3 is 37.0 Å². The monoisotopic (exact) mass is 795 g/mol. The van der Waals surface area contributed by atoms with Gasteiger partial charge in [0.1, 0.15) is 11.5 Å². The second kappa shape index (κ2) is 22.0. The lowest BCUT2D eigenvalue weighted by atomic mass is 10.0. The molecule has 10 N–H and O–H groups in total. The number of aromatic nitrogens is 1. The number of aromatic hydroxyl groups is 1. The molecule has 5 rings (SSSR count). The Morgan fingerprint density at radius 3 is 2.02 bits per heavy atom. The highest BCUT2D eigenvalue weighted by molar-refractivity contribution is 7.17. The first kappa shape index (κ1) is 43.1. The van der Waals surface area contributed by atoms with Crippen molar-refractivity contribution >= 4 is 39.8 Å². The molecule has 0 spiro atoms. The Balaban J connectivity index is 1.45. The van der Waals surface area contributed by atoms with Crippen LogP contribution in [-0.2, 0) is 17.8 Å². The topological polar surface area (TPSA) is 205 Å². The molecule has 0 atom stereocenters. The van der Waals surface area contributed by atoms with Crippen LogP contribution < -0.4 is 22.7 Å². The molecule has 2 heterocycles. The minimum absolute atomic E-state index is 0.0455. The number of nitrogens with two attached hydrogens (primary N) is 3. The number of hydrogen-bond donors (Lipinski definition) is 7. The molecule has 0 aliphatic rings. The van der Waals surface area contributed by atoms with E-state index >= 15 is 0 Å². The van der Waals surface area contributed by atoms with Crippen LogP contribution in [0, 0.1) is 0 Å². The molecule has 304 valence electrons. The van der Waals surface area contributed by atoms with Gasteiger partial charge in [0.15, 0.2) is 0 Å². The van der Waals surface area contributed by atoms with Gasteiger partial charge in [-0.3, -0.25) is 14.8 Å². The first-order valence-corrected chi connectivity index (χ1v) is 20.8. The number of hydrogen-bond acceptors (Lipinski definition) is 10. The fourth-order valence-electron chi connectivity index (χ4n) is 7.21. The van der Waals surface area contributed by atoms with Gasteiger partial charge in [-0.25, -0.2) is 5.48 Å². The molecule has 0 fully saturated rings. The summed E-state index contributed by atoms with van der Waals surface area (Å²) in [6.07, 6.45) is 9.73. The van der Waals surface area contributed by atoms with Gasteiger partial charge in [-0.15, -0.1) is 11.3 Å². The predicted octanol–water partition coefficient (Wildman–Crippen LogP) is 7.24. The van der Waals surface area contributed by atoms with E-state index in [1.54, 1.807) is 29.7 Å². The molecule has 5 aromatic rings. The van der Waals surface area contributed by atoms with E-state index in [2.05, 4.69) is 15.8 Å². The largest absolute Gasteiger partial charge is 0.508 e. The van der Waals surface area contributed by atoms with Crippen molar-refractivity contribution in [2.45, 2.75) is 77.2 Å². The maximum atomic E-state index is 13.8. The van der Waals surface area contributed by atoms with Crippen LogP contribution in [0.1, 0.15) is 90.6 Å². The second-order valence-electron chi connectivity index (χ2n) is 14.4. The Hall–Kier alpha value is -5.05. The molecular formula is C44H57N7O5S. The normalized spacial score (nSPS) is 11.7. The second-order valence-corrected chi connectivity index (χ2v) is 15.5. The third-order valence-corrected chi connectivity index (χ3v) is 11.5. The SMILES string of the molecule is NCCCCCCN(CCCCCCN)C(=O)c1ccc(-c2cc3ccc(/C(=N\O)c4cc(CC(=O)NO)c(-c5cccc(O)c5)s4)cc3n2CCCCN)cc1. The van der Waals surface area contributed by atoms with Crippen LogP contribution in [0.2, 0.25) is 0 Å². The number of carbonyl (C=O) groups is 2. The number of carbonyl (C=O) groups excluding carboxylic acids is 2. The number of phenolic OH excluding ortho intramolecular Hbond substituents is 1. The number of nitrogens with one attached hydrogen (secondary N) is 1. The lowest BCUT2D eigenvalue weighted by Gasteiger charge is -2.23. The number of benzene rings is 3. The Bertz CT molecular complexity index is 2080. The third kappa shape index (κ3) is 11.5. The smallest absolute Gasteiger partial charge is 0.253 e. The minimum Gasteiger partial charge on any atom is -0.508 e. The lowest BCUT2D eigenvalue weighted by molar-refractivity contribution is -0.128. The Labute approximate surface area is 338 Å². The van der Waals surface area contributed by atoms with E-state index in [-0.39, 0.29) is 18.1 Å². The molecule has 12 nitrogen and oxygen atoms in total. The number of phenols is 1. The van der Waals surface area contributed by atoms with Crippen molar-refractivity contribution in [2.75, 3.05) is 32.7 Å². The highest BCUT2D eigenvalue weighted by atomic mass is 32.1. The van der Waals surface area contributed by atoms with Gasteiger partial charge in [0.2, 0.25) is 5.91 Å². The van der Waals surface area contributed by atoms with Crippen LogP contribution >= 0.6 is 11.3 Å². The summed E-state index contributed by atoms with van der Waals surface area (Å²) in [6.45, 7) is 4.10. The fourth-order valence-corrected chi connectivity index (χ4v) is 8.39.